The zero-order valence-electron chi connectivity index (χ0n) is 21.4. The lowest BCUT2D eigenvalue weighted by Gasteiger charge is -2.24. The number of rotatable bonds is 11. The van der Waals surface area contributed by atoms with Crippen molar-refractivity contribution in [3.8, 4) is 5.69 Å². The summed E-state index contributed by atoms with van der Waals surface area (Å²) in [7, 11) is 4.01. The van der Waals surface area contributed by atoms with E-state index in [9.17, 15) is 9.59 Å². The molecule has 0 saturated carbocycles. The molecule has 0 unspecified atom stereocenters. The zero-order valence-corrected chi connectivity index (χ0v) is 23.8. The second-order valence-corrected chi connectivity index (χ2v) is 11.1. The molecule has 0 radical (unpaired) electrons. The van der Waals surface area contributed by atoms with Crippen LogP contribution in [0.15, 0.2) is 82.7 Å². The third-order valence-corrected chi connectivity index (χ3v) is 7.61. The van der Waals surface area contributed by atoms with Crippen LogP contribution in [0.25, 0.3) is 16.6 Å². The van der Waals surface area contributed by atoms with E-state index in [0.717, 1.165) is 12.1 Å². The van der Waals surface area contributed by atoms with Crippen molar-refractivity contribution in [1.82, 2.24) is 19.4 Å². The maximum Gasteiger partial charge on any atom is 0.266 e. The highest BCUT2D eigenvalue weighted by atomic mass is 35.5. The van der Waals surface area contributed by atoms with Crippen LogP contribution in [0.3, 0.4) is 0 Å². The van der Waals surface area contributed by atoms with Crippen molar-refractivity contribution in [2.45, 2.75) is 24.5 Å². The Morgan fingerprint density at radius 2 is 1.71 bits per heavy atom. The van der Waals surface area contributed by atoms with Crippen LogP contribution >= 0.6 is 35.0 Å². The van der Waals surface area contributed by atoms with E-state index in [4.69, 9.17) is 28.2 Å². The molecule has 6 nitrogen and oxygen atoms in total. The van der Waals surface area contributed by atoms with E-state index in [-0.39, 0.29) is 11.5 Å². The lowest BCUT2D eigenvalue weighted by molar-refractivity contribution is -0.132. The maximum atomic E-state index is 13.5. The average Bonchev–Trinajstić information content (AvgIpc) is 2.90. The number of aromatic nitrogens is 2. The van der Waals surface area contributed by atoms with Crippen LogP contribution in [0.5, 0.6) is 0 Å². The van der Waals surface area contributed by atoms with Crippen LogP contribution in [0.4, 0.5) is 0 Å². The van der Waals surface area contributed by atoms with Crippen molar-refractivity contribution in [3.63, 3.8) is 0 Å². The van der Waals surface area contributed by atoms with Gasteiger partial charge in [0.15, 0.2) is 5.16 Å². The van der Waals surface area contributed by atoms with Gasteiger partial charge >= 0.3 is 0 Å². The molecule has 38 heavy (non-hydrogen) atoms. The third-order valence-electron chi connectivity index (χ3n) is 6.05. The van der Waals surface area contributed by atoms with E-state index in [2.05, 4.69) is 4.90 Å². The van der Waals surface area contributed by atoms with E-state index < -0.39 is 0 Å². The zero-order chi connectivity index (χ0) is 27.1. The first-order valence-electron chi connectivity index (χ1n) is 12.4. The number of thioether (sulfide) groups is 1. The van der Waals surface area contributed by atoms with Gasteiger partial charge in [-0.05, 0) is 56.4 Å². The molecule has 0 fully saturated rings. The van der Waals surface area contributed by atoms with Gasteiger partial charge in [0.2, 0.25) is 5.91 Å². The summed E-state index contributed by atoms with van der Waals surface area (Å²) in [6.07, 6.45) is 1.06. The Morgan fingerprint density at radius 1 is 0.974 bits per heavy atom. The molecule has 4 rings (SSSR count). The van der Waals surface area contributed by atoms with E-state index in [1.54, 1.807) is 24.3 Å². The van der Waals surface area contributed by atoms with Gasteiger partial charge in [-0.1, -0.05) is 77.4 Å². The van der Waals surface area contributed by atoms with Gasteiger partial charge in [0.25, 0.3) is 5.56 Å². The van der Waals surface area contributed by atoms with Gasteiger partial charge in [0.1, 0.15) is 0 Å². The molecule has 0 spiro atoms. The van der Waals surface area contributed by atoms with Crippen molar-refractivity contribution >= 4 is 51.8 Å². The number of para-hydroxylation sites is 1. The SMILES string of the molecule is CN(C)CCN(Cc1ccccc1)C(=O)CCCSc1nc2ccccc2c(=O)n1-c1ccc(Cl)cc1Cl. The Labute approximate surface area is 237 Å². The first kappa shape index (κ1) is 28.2. The van der Waals surface area contributed by atoms with Crippen LogP contribution in [0, 0.1) is 0 Å². The van der Waals surface area contributed by atoms with E-state index in [1.807, 2.05) is 67.5 Å². The fourth-order valence-corrected chi connectivity index (χ4v) is 5.48. The largest absolute Gasteiger partial charge is 0.337 e. The van der Waals surface area contributed by atoms with Gasteiger partial charge < -0.3 is 9.80 Å². The maximum absolute atomic E-state index is 13.5. The monoisotopic (exact) mass is 568 g/mol. The van der Waals surface area contributed by atoms with Crippen molar-refractivity contribution < 1.29 is 4.79 Å². The van der Waals surface area contributed by atoms with Gasteiger partial charge in [0.05, 0.1) is 21.6 Å². The quantitative estimate of drug-likeness (QED) is 0.123. The molecule has 3 aromatic carbocycles. The summed E-state index contributed by atoms with van der Waals surface area (Å²) in [5.41, 5.74) is 2.06. The molecule has 0 aliphatic rings. The summed E-state index contributed by atoms with van der Waals surface area (Å²) < 4.78 is 1.53. The highest BCUT2D eigenvalue weighted by Crippen LogP contribution is 2.28. The molecule has 0 bridgehead atoms. The molecule has 0 N–H and O–H groups in total. The molecular formula is C29H30Cl2N4O2S. The second-order valence-electron chi connectivity index (χ2n) is 9.20. The topological polar surface area (TPSA) is 58.4 Å². The first-order valence-corrected chi connectivity index (χ1v) is 14.1. The van der Waals surface area contributed by atoms with Crippen LogP contribution in [-0.4, -0.2) is 58.2 Å². The summed E-state index contributed by atoms with van der Waals surface area (Å²) in [6, 6.07) is 22.3. The molecule has 1 amide bonds. The minimum absolute atomic E-state index is 0.112. The van der Waals surface area contributed by atoms with Crippen LogP contribution in [-0.2, 0) is 11.3 Å². The Bertz CT molecular complexity index is 1460. The summed E-state index contributed by atoms with van der Waals surface area (Å²) in [5.74, 6) is 0.732. The molecule has 9 heteroatoms. The van der Waals surface area contributed by atoms with E-state index >= 15 is 0 Å². The molecule has 198 valence electrons. The minimum Gasteiger partial charge on any atom is -0.337 e. The summed E-state index contributed by atoms with van der Waals surface area (Å²) in [6.45, 7) is 2.04. The average molecular weight is 570 g/mol. The number of fused-ring (bicyclic) bond motifs is 1. The molecule has 0 atom stereocenters. The van der Waals surface area contributed by atoms with Gasteiger partial charge in [-0.2, -0.15) is 0 Å². The number of hydrogen-bond donors (Lipinski definition) is 0. The highest BCUT2D eigenvalue weighted by Gasteiger charge is 2.17. The minimum atomic E-state index is -0.198. The highest BCUT2D eigenvalue weighted by molar-refractivity contribution is 7.99. The Balaban J connectivity index is 1.50. The summed E-state index contributed by atoms with van der Waals surface area (Å²) in [5, 5.41) is 1.89. The number of carbonyl (C=O) groups is 1. The van der Waals surface area contributed by atoms with Crippen molar-refractivity contribution in [1.29, 1.82) is 0 Å². The molecule has 0 saturated heterocycles. The Morgan fingerprint density at radius 3 is 2.45 bits per heavy atom. The summed E-state index contributed by atoms with van der Waals surface area (Å²) >= 11 is 14.0. The molecule has 0 aliphatic carbocycles. The Hall–Kier alpha value is -2.84. The van der Waals surface area contributed by atoms with Gasteiger partial charge in [-0.25, -0.2) is 4.98 Å². The van der Waals surface area contributed by atoms with Gasteiger partial charge in [0, 0.05) is 36.8 Å². The fraction of sp³-hybridized carbons (Fsp3) is 0.276. The number of nitrogens with zero attached hydrogens (tertiary/aromatic N) is 4. The van der Waals surface area contributed by atoms with E-state index in [1.165, 1.54) is 16.3 Å². The standard InChI is InChI=1S/C29H30Cl2N4O2S/c1-33(2)16-17-34(20-21-9-4-3-5-10-21)27(36)13-8-18-38-29-32-25-12-7-6-11-23(25)28(37)35(29)26-15-14-22(30)19-24(26)31/h3-7,9-12,14-15,19H,8,13,16-18,20H2,1-2H3. The predicted molar refractivity (Wildman–Crippen MR) is 158 cm³/mol. The Kier molecular flexibility index (Phi) is 9.86. The molecule has 4 aromatic rings. The van der Waals surface area contributed by atoms with Gasteiger partial charge in [-0.15, -0.1) is 0 Å². The van der Waals surface area contributed by atoms with Crippen LogP contribution < -0.4 is 5.56 Å². The second kappa shape index (κ2) is 13.3. The molecule has 1 aromatic heterocycles. The normalized spacial score (nSPS) is 11.3. The molecular weight excluding hydrogens is 539 g/mol. The lowest BCUT2D eigenvalue weighted by Crippen LogP contribution is -2.36. The predicted octanol–water partition coefficient (Wildman–Crippen LogP) is 6.16. The van der Waals surface area contributed by atoms with Crippen molar-refractivity contribution in [2.24, 2.45) is 0 Å². The van der Waals surface area contributed by atoms with Crippen LogP contribution in [0.2, 0.25) is 10.0 Å². The number of amides is 1. The number of benzene rings is 3. The number of likely N-dealkylation sites (N-methyl/N-ethyl adjacent to an activating group) is 1. The first-order chi connectivity index (χ1) is 18.3. The van der Waals surface area contributed by atoms with Crippen molar-refractivity contribution in [3.05, 3.63) is 98.8 Å². The number of hydrogen-bond acceptors (Lipinski definition) is 5. The fourth-order valence-electron chi connectivity index (χ4n) is 4.05. The number of carbonyl (C=O) groups excluding carboxylic acids is 1. The van der Waals surface area contributed by atoms with E-state index in [0.29, 0.717) is 63.5 Å². The van der Waals surface area contributed by atoms with Gasteiger partial charge in [-0.3, -0.25) is 14.2 Å². The van der Waals surface area contributed by atoms with Crippen LogP contribution in [0.1, 0.15) is 18.4 Å². The summed E-state index contributed by atoms with van der Waals surface area (Å²) in [4.78, 5) is 35.4. The van der Waals surface area contributed by atoms with Crippen molar-refractivity contribution in [2.75, 3.05) is 32.9 Å². The molecule has 0 aliphatic heterocycles. The third kappa shape index (κ3) is 7.17. The lowest BCUT2D eigenvalue weighted by atomic mass is 10.2. The number of halogens is 2. The molecule has 1 heterocycles. The smallest absolute Gasteiger partial charge is 0.266 e.